The molecule has 1 aliphatic rings. The lowest BCUT2D eigenvalue weighted by Crippen LogP contribution is -2.31. The van der Waals surface area contributed by atoms with Gasteiger partial charge in [0.25, 0.3) is 0 Å². The van der Waals surface area contributed by atoms with Crippen LogP contribution >= 0.6 is 0 Å². The molecule has 1 fully saturated rings. The molecule has 1 N–H and O–H groups in total. The Labute approximate surface area is 111 Å². The summed E-state index contributed by atoms with van der Waals surface area (Å²) in [5.74, 6) is 1.44. The van der Waals surface area contributed by atoms with Crippen molar-refractivity contribution in [1.29, 1.82) is 0 Å². The monoisotopic (exact) mass is 259 g/mol. The number of carbonyl (C=O) groups is 1. The number of nitrogens with one attached hydrogen (secondary N) is 1. The van der Waals surface area contributed by atoms with E-state index in [4.69, 9.17) is 0 Å². The number of amides is 1. The average molecular weight is 259 g/mol. The lowest BCUT2D eigenvalue weighted by molar-refractivity contribution is -0.131. The van der Waals surface area contributed by atoms with Crippen LogP contribution in [-0.4, -0.2) is 43.6 Å². The second kappa shape index (κ2) is 4.87. The van der Waals surface area contributed by atoms with Crippen LogP contribution in [0.4, 0.5) is 0 Å². The molecule has 2 aromatic rings. The van der Waals surface area contributed by atoms with Crippen molar-refractivity contribution in [3.8, 4) is 0 Å². The van der Waals surface area contributed by atoms with E-state index in [1.165, 1.54) is 0 Å². The van der Waals surface area contributed by atoms with Crippen LogP contribution in [0.3, 0.4) is 0 Å². The van der Waals surface area contributed by atoms with Gasteiger partial charge in [-0.15, -0.1) is 0 Å². The third kappa shape index (κ3) is 2.52. The first-order chi connectivity index (χ1) is 9.22. The summed E-state index contributed by atoms with van der Waals surface area (Å²) in [5.41, 5.74) is 1.07. The van der Waals surface area contributed by atoms with Crippen molar-refractivity contribution >= 4 is 5.91 Å². The quantitative estimate of drug-likeness (QED) is 0.891. The van der Waals surface area contributed by atoms with E-state index in [-0.39, 0.29) is 5.91 Å². The molecule has 2 aromatic heterocycles. The van der Waals surface area contributed by atoms with Gasteiger partial charge in [0.05, 0.1) is 0 Å². The molecule has 1 atom stereocenters. The highest BCUT2D eigenvalue weighted by molar-refractivity contribution is 5.76. The van der Waals surface area contributed by atoms with Crippen molar-refractivity contribution in [1.82, 2.24) is 24.6 Å². The first kappa shape index (κ1) is 12.0. The van der Waals surface area contributed by atoms with Gasteiger partial charge in [0, 0.05) is 43.3 Å². The Morgan fingerprint density at radius 1 is 1.58 bits per heavy atom. The molecule has 3 rings (SSSR count). The Morgan fingerprint density at radius 2 is 2.47 bits per heavy atom. The minimum atomic E-state index is 0.120. The molecule has 0 aliphatic carbocycles. The maximum absolute atomic E-state index is 12.1. The highest BCUT2D eigenvalue weighted by Crippen LogP contribution is 2.25. The van der Waals surface area contributed by atoms with Gasteiger partial charge < -0.3 is 9.88 Å². The summed E-state index contributed by atoms with van der Waals surface area (Å²) >= 11 is 0. The molecule has 100 valence electrons. The van der Waals surface area contributed by atoms with Crippen molar-refractivity contribution in [2.24, 2.45) is 0 Å². The number of carbonyl (C=O) groups excluding carboxylic acids is 1. The number of aromatic amines is 1. The minimum Gasteiger partial charge on any atom is -0.346 e. The van der Waals surface area contributed by atoms with Crippen LogP contribution in [-0.2, 0) is 11.3 Å². The highest BCUT2D eigenvalue weighted by atomic mass is 16.2. The standard InChI is InChI=1S/C13H17N5O/c1-10-7-14-13(16-10)11-3-6-17(8-11)12(19)9-18-5-2-4-15-18/h2,4-5,7,11H,3,6,8-9H2,1H3,(H,14,16)/t11-/m1/s1. The van der Waals surface area contributed by atoms with E-state index in [0.717, 1.165) is 31.0 Å². The van der Waals surface area contributed by atoms with Gasteiger partial charge in [-0.3, -0.25) is 9.48 Å². The lowest BCUT2D eigenvalue weighted by atomic mass is 10.1. The number of imidazole rings is 1. The molecule has 19 heavy (non-hydrogen) atoms. The summed E-state index contributed by atoms with van der Waals surface area (Å²) in [6, 6.07) is 1.83. The van der Waals surface area contributed by atoms with Crippen molar-refractivity contribution in [2.75, 3.05) is 13.1 Å². The molecule has 6 heteroatoms. The Morgan fingerprint density at radius 3 is 3.16 bits per heavy atom. The number of hydrogen-bond donors (Lipinski definition) is 1. The molecule has 0 saturated carbocycles. The fourth-order valence-electron chi connectivity index (χ4n) is 2.48. The molecular formula is C13H17N5O. The highest BCUT2D eigenvalue weighted by Gasteiger charge is 2.28. The van der Waals surface area contributed by atoms with Gasteiger partial charge in [0.2, 0.25) is 5.91 Å². The fraction of sp³-hybridized carbons (Fsp3) is 0.462. The molecule has 0 radical (unpaired) electrons. The van der Waals surface area contributed by atoms with Crippen LogP contribution in [0.15, 0.2) is 24.7 Å². The van der Waals surface area contributed by atoms with Crippen LogP contribution in [0.1, 0.15) is 23.9 Å². The van der Waals surface area contributed by atoms with Gasteiger partial charge in [-0.25, -0.2) is 4.98 Å². The van der Waals surface area contributed by atoms with Gasteiger partial charge in [-0.2, -0.15) is 5.10 Å². The second-order valence-corrected chi connectivity index (χ2v) is 4.98. The number of H-pyrrole nitrogens is 1. The zero-order chi connectivity index (χ0) is 13.2. The van der Waals surface area contributed by atoms with Crippen LogP contribution in [0.25, 0.3) is 0 Å². The maximum atomic E-state index is 12.1. The average Bonchev–Trinajstić information content (AvgIpc) is 3.07. The Bertz CT molecular complexity index is 559. The molecular weight excluding hydrogens is 242 g/mol. The van der Waals surface area contributed by atoms with E-state index in [1.54, 1.807) is 17.1 Å². The summed E-state index contributed by atoms with van der Waals surface area (Å²) < 4.78 is 1.66. The smallest absolute Gasteiger partial charge is 0.244 e. The maximum Gasteiger partial charge on any atom is 0.244 e. The first-order valence-electron chi connectivity index (χ1n) is 6.49. The summed E-state index contributed by atoms with van der Waals surface area (Å²) in [5, 5.41) is 4.06. The topological polar surface area (TPSA) is 66.8 Å². The SMILES string of the molecule is Cc1cnc([C@@H]2CCN(C(=O)Cn3cccn3)C2)[nH]1. The van der Waals surface area contributed by atoms with Gasteiger partial charge in [-0.1, -0.05) is 0 Å². The number of hydrogen-bond acceptors (Lipinski definition) is 3. The summed E-state index contributed by atoms with van der Waals surface area (Å²) in [7, 11) is 0. The van der Waals surface area contributed by atoms with Gasteiger partial charge >= 0.3 is 0 Å². The number of aromatic nitrogens is 4. The number of nitrogens with zero attached hydrogens (tertiary/aromatic N) is 4. The zero-order valence-electron chi connectivity index (χ0n) is 10.9. The molecule has 6 nitrogen and oxygen atoms in total. The number of rotatable bonds is 3. The predicted octanol–water partition coefficient (Wildman–Crippen LogP) is 0.931. The molecule has 1 saturated heterocycles. The number of likely N-dealkylation sites (tertiary alicyclic amines) is 1. The van der Waals surface area contributed by atoms with Crippen molar-refractivity contribution in [3.63, 3.8) is 0 Å². The molecule has 1 amide bonds. The van der Waals surface area contributed by atoms with E-state index in [1.807, 2.05) is 24.1 Å². The first-order valence-corrected chi connectivity index (χ1v) is 6.49. The Balaban J connectivity index is 1.61. The molecule has 0 aromatic carbocycles. The fourth-order valence-corrected chi connectivity index (χ4v) is 2.48. The second-order valence-electron chi connectivity index (χ2n) is 4.98. The number of aryl methyl sites for hydroxylation is 1. The van der Waals surface area contributed by atoms with Gasteiger partial charge in [-0.05, 0) is 19.4 Å². The normalized spacial score (nSPS) is 19.0. The molecule has 0 spiro atoms. The predicted molar refractivity (Wildman–Crippen MR) is 69.5 cm³/mol. The van der Waals surface area contributed by atoms with Gasteiger partial charge in [0.15, 0.2) is 0 Å². The third-order valence-corrected chi connectivity index (χ3v) is 3.51. The molecule has 1 aliphatic heterocycles. The Kier molecular flexibility index (Phi) is 3.06. The van der Waals surface area contributed by atoms with Crippen LogP contribution in [0, 0.1) is 6.92 Å². The van der Waals surface area contributed by atoms with E-state index < -0.39 is 0 Å². The third-order valence-electron chi connectivity index (χ3n) is 3.51. The summed E-state index contributed by atoms with van der Waals surface area (Å²) in [6.07, 6.45) is 6.30. The molecule has 3 heterocycles. The van der Waals surface area contributed by atoms with E-state index >= 15 is 0 Å². The van der Waals surface area contributed by atoms with E-state index in [9.17, 15) is 4.79 Å². The van der Waals surface area contributed by atoms with Crippen molar-refractivity contribution < 1.29 is 4.79 Å². The largest absolute Gasteiger partial charge is 0.346 e. The van der Waals surface area contributed by atoms with Gasteiger partial charge in [0.1, 0.15) is 12.4 Å². The Hall–Kier alpha value is -2.11. The van der Waals surface area contributed by atoms with Crippen LogP contribution < -0.4 is 0 Å². The zero-order valence-corrected chi connectivity index (χ0v) is 10.9. The molecule has 0 unspecified atom stereocenters. The summed E-state index contributed by atoms with van der Waals surface area (Å²) in [6.45, 7) is 3.85. The van der Waals surface area contributed by atoms with E-state index in [2.05, 4.69) is 15.1 Å². The van der Waals surface area contributed by atoms with E-state index in [0.29, 0.717) is 12.5 Å². The summed E-state index contributed by atoms with van der Waals surface area (Å²) in [4.78, 5) is 21.6. The van der Waals surface area contributed by atoms with Crippen molar-refractivity contribution in [2.45, 2.75) is 25.8 Å². The van der Waals surface area contributed by atoms with Crippen molar-refractivity contribution in [3.05, 3.63) is 36.2 Å². The minimum absolute atomic E-state index is 0.120. The lowest BCUT2D eigenvalue weighted by Gasteiger charge is -2.16. The molecule has 0 bridgehead atoms. The van der Waals surface area contributed by atoms with Crippen LogP contribution in [0.5, 0.6) is 0 Å². The van der Waals surface area contributed by atoms with Crippen LogP contribution in [0.2, 0.25) is 0 Å².